The minimum Gasteiger partial charge on any atom is -0.310 e. The molecule has 2 unspecified atom stereocenters. The van der Waals surface area contributed by atoms with Crippen LogP contribution in [0.15, 0.2) is 18.2 Å². The highest BCUT2D eigenvalue weighted by atomic mass is 19.1. The van der Waals surface area contributed by atoms with Crippen molar-refractivity contribution in [1.82, 2.24) is 5.32 Å². The number of hydrogen-bond donors (Lipinski definition) is 1. The minimum absolute atomic E-state index is 0.313. The smallest absolute Gasteiger partial charge is 0.127 e. The Hall–Kier alpha value is -0.960. The molecule has 1 aromatic rings. The van der Waals surface area contributed by atoms with Crippen molar-refractivity contribution < 1.29 is 8.78 Å². The van der Waals surface area contributed by atoms with Crippen LogP contribution in [0.25, 0.3) is 0 Å². The lowest BCUT2D eigenvalue weighted by Gasteiger charge is -2.17. The van der Waals surface area contributed by atoms with E-state index in [-0.39, 0.29) is 5.82 Å². The second-order valence-electron chi connectivity index (χ2n) is 4.77. The molecule has 0 amide bonds. The lowest BCUT2D eigenvalue weighted by atomic mass is 10.0. The maximum Gasteiger partial charge on any atom is 0.127 e. The molecule has 17 heavy (non-hydrogen) atoms. The van der Waals surface area contributed by atoms with Crippen molar-refractivity contribution in [3.63, 3.8) is 0 Å². The molecule has 0 spiro atoms. The summed E-state index contributed by atoms with van der Waals surface area (Å²) < 4.78 is 26.3. The Morgan fingerprint density at radius 1 is 1.24 bits per heavy atom. The van der Waals surface area contributed by atoms with E-state index in [9.17, 15) is 8.78 Å². The fourth-order valence-electron chi connectivity index (χ4n) is 1.82. The highest BCUT2D eigenvalue weighted by molar-refractivity contribution is 5.18. The van der Waals surface area contributed by atoms with Crippen LogP contribution in [-0.2, 0) is 6.54 Å². The molecule has 0 aromatic heterocycles. The van der Waals surface area contributed by atoms with Crippen molar-refractivity contribution >= 4 is 0 Å². The Balaban J connectivity index is 2.47. The van der Waals surface area contributed by atoms with E-state index >= 15 is 0 Å². The molecule has 0 bridgehead atoms. The highest BCUT2D eigenvalue weighted by Gasteiger charge is 2.08. The molecular weight excluding hydrogens is 220 g/mol. The van der Waals surface area contributed by atoms with Gasteiger partial charge in [0, 0.05) is 18.2 Å². The van der Waals surface area contributed by atoms with Gasteiger partial charge in [-0.1, -0.05) is 20.3 Å². The summed E-state index contributed by atoms with van der Waals surface area (Å²) in [6.07, 6.45) is 2.19. The molecule has 0 radical (unpaired) electrons. The second-order valence-corrected chi connectivity index (χ2v) is 4.77. The second kappa shape index (κ2) is 6.70. The van der Waals surface area contributed by atoms with Gasteiger partial charge in [-0.25, -0.2) is 8.78 Å². The Morgan fingerprint density at radius 3 is 2.59 bits per heavy atom. The molecule has 0 saturated carbocycles. The SMILES string of the molecule is CCC(C)CC(C)NCc1cc(F)ccc1F. The summed E-state index contributed by atoms with van der Waals surface area (Å²) in [6.45, 7) is 6.80. The van der Waals surface area contributed by atoms with Gasteiger partial charge >= 0.3 is 0 Å². The van der Waals surface area contributed by atoms with E-state index in [1.54, 1.807) is 0 Å². The van der Waals surface area contributed by atoms with Crippen molar-refractivity contribution in [1.29, 1.82) is 0 Å². The first-order valence-corrected chi connectivity index (χ1v) is 6.20. The molecule has 96 valence electrons. The van der Waals surface area contributed by atoms with Gasteiger partial charge < -0.3 is 5.32 Å². The van der Waals surface area contributed by atoms with Gasteiger partial charge in [0.25, 0.3) is 0 Å². The summed E-state index contributed by atoms with van der Waals surface area (Å²) in [4.78, 5) is 0. The van der Waals surface area contributed by atoms with E-state index < -0.39 is 5.82 Å². The average molecular weight is 241 g/mol. The third-order valence-electron chi connectivity index (χ3n) is 3.10. The fraction of sp³-hybridized carbons (Fsp3) is 0.571. The monoisotopic (exact) mass is 241 g/mol. The standard InChI is InChI=1S/C14H21F2N/c1-4-10(2)7-11(3)17-9-12-8-13(15)5-6-14(12)16/h5-6,8,10-11,17H,4,7,9H2,1-3H3. The number of nitrogens with one attached hydrogen (secondary N) is 1. The largest absolute Gasteiger partial charge is 0.310 e. The van der Waals surface area contributed by atoms with Crippen LogP contribution in [0.4, 0.5) is 8.78 Å². The van der Waals surface area contributed by atoms with Gasteiger partial charge in [0.2, 0.25) is 0 Å². The van der Waals surface area contributed by atoms with Crippen LogP contribution < -0.4 is 5.32 Å². The van der Waals surface area contributed by atoms with Crippen LogP contribution in [-0.4, -0.2) is 6.04 Å². The number of hydrogen-bond acceptors (Lipinski definition) is 1. The lowest BCUT2D eigenvalue weighted by Crippen LogP contribution is -2.27. The molecule has 1 rings (SSSR count). The number of halogens is 2. The van der Waals surface area contributed by atoms with Crippen molar-refractivity contribution in [3.8, 4) is 0 Å². The fourth-order valence-corrected chi connectivity index (χ4v) is 1.82. The predicted molar refractivity (Wildman–Crippen MR) is 66.7 cm³/mol. The van der Waals surface area contributed by atoms with Crippen LogP contribution in [0.1, 0.15) is 39.2 Å². The molecule has 0 heterocycles. The zero-order valence-corrected chi connectivity index (χ0v) is 10.8. The predicted octanol–water partition coefficient (Wildman–Crippen LogP) is 3.88. The van der Waals surface area contributed by atoms with E-state index in [0.717, 1.165) is 18.9 Å². The molecule has 0 aliphatic heterocycles. The van der Waals surface area contributed by atoms with E-state index in [2.05, 4.69) is 26.1 Å². The van der Waals surface area contributed by atoms with Crippen molar-refractivity contribution in [2.75, 3.05) is 0 Å². The molecule has 1 aromatic carbocycles. The quantitative estimate of drug-likeness (QED) is 0.797. The summed E-state index contributed by atoms with van der Waals surface area (Å²) in [7, 11) is 0. The maximum absolute atomic E-state index is 13.3. The first-order valence-electron chi connectivity index (χ1n) is 6.20. The molecule has 3 heteroatoms. The lowest BCUT2D eigenvalue weighted by molar-refractivity contribution is 0.409. The van der Waals surface area contributed by atoms with Gasteiger partial charge in [0.15, 0.2) is 0 Å². The topological polar surface area (TPSA) is 12.0 Å². The Labute approximate surface area is 102 Å². The van der Waals surface area contributed by atoms with Crippen LogP contribution >= 0.6 is 0 Å². The number of benzene rings is 1. The molecule has 2 atom stereocenters. The first kappa shape index (κ1) is 14.1. The first-order chi connectivity index (χ1) is 8.02. The van der Waals surface area contributed by atoms with Crippen LogP contribution in [0.2, 0.25) is 0 Å². The van der Waals surface area contributed by atoms with E-state index in [0.29, 0.717) is 24.1 Å². The van der Waals surface area contributed by atoms with Crippen molar-refractivity contribution in [3.05, 3.63) is 35.4 Å². The molecule has 1 N–H and O–H groups in total. The zero-order valence-electron chi connectivity index (χ0n) is 10.8. The molecule has 0 aliphatic carbocycles. The van der Waals surface area contributed by atoms with E-state index in [1.807, 2.05) is 0 Å². The third-order valence-corrected chi connectivity index (χ3v) is 3.10. The average Bonchev–Trinajstić information content (AvgIpc) is 2.30. The van der Waals surface area contributed by atoms with Crippen molar-refractivity contribution in [2.45, 2.75) is 46.2 Å². The Kier molecular flexibility index (Phi) is 5.56. The van der Waals surface area contributed by atoms with Gasteiger partial charge in [0.05, 0.1) is 0 Å². The normalized spacial score (nSPS) is 14.6. The molecule has 0 aliphatic rings. The third kappa shape index (κ3) is 4.82. The highest BCUT2D eigenvalue weighted by Crippen LogP contribution is 2.12. The Bertz CT molecular complexity index is 352. The van der Waals surface area contributed by atoms with Gasteiger partial charge in [-0.05, 0) is 37.5 Å². The minimum atomic E-state index is -0.391. The van der Waals surface area contributed by atoms with Gasteiger partial charge in [-0.15, -0.1) is 0 Å². The Morgan fingerprint density at radius 2 is 1.94 bits per heavy atom. The molecule has 0 fully saturated rings. The molecular formula is C14H21F2N. The van der Waals surface area contributed by atoms with E-state index in [4.69, 9.17) is 0 Å². The van der Waals surface area contributed by atoms with Crippen LogP contribution in [0, 0.1) is 17.6 Å². The number of rotatable bonds is 6. The molecule has 0 saturated heterocycles. The van der Waals surface area contributed by atoms with Crippen molar-refractivity contribution in [2.24, 2.45) is 5.92 Å². The summed E-state index contributed by atoms with van der Waals surface area (Å²) in [5, 5.41) is 3.23. The van der Waals surface area contributed by atoms with Crippen LogP contribution in [0.5, 0.6) is 0 Å². The summed E-state index contributed by atoms with van der Waals surface area (Å²) in [6, 6.07) is 3.87. The summed E-state index contributed by atoms with van der Waals surface area (Å²) in [5.41, 5.74) is 0.390. The van der Waals surface area contributed by atoms with E-state index in [1.165, 1.54) is 12.1 Å². The zero-order chi connectivity index (χ0) is 12.8. The van der Waals surface area contributed by atoms with Gasteiger partial charge in [-0.3, -0.25) is 0 Å². The summed E-state index contributed by atoms with van der Waals surface area (Å²) >= 11 is 0. The van der Waals surface area contributed by atoms with Crippen LogP contribution in [0.3, 0.4) is 0 Å². The molecule has 1 nitrogen and oxygen atoms in total. The summed E-state index contributed by atoms with van der Waals surface area (Å²) in [5.74, 6) is -0.0951. The maximum atomic E-state index is 13.3. The van der Waals surface area contributed by atoms with Gasteiger partial charge in [0.1, 0.15) is 11.6 Å². The van der Waals surface area contributed by atoms with Gasteiger partial charge in [-0.2, -0.15) is 0 Å².